The summed E-state index contributed by atoms with van der Waals surface area (Å²) in [4.78, 5) is 12.6. The molecule has 28 heavy (non-hydrogen) atoms. The first-order valence-electron chi connectivity index (χ1n) is 9.30. The summed E-state index contributed by atoms with van der Waals surface area (Å²) in [5.74, 6) is 0.642. The number of sulfonamides is 1. The summed E-state index contributed by atoms with van der Waals surface area (Å²) in [5, 5.41) is 2.89. The van der Waals surface area contributed by atoms with Crippen LogP contribution < -0.4 is 14.8 Å². The molecule has 152 valence electrons. The molecule has 0 radical (unpaired) electrons. The zero-order valence-electron chi connectivity index (χ0n) is 16.8. The molecule has 0 spiro atoms. The molecular weight excluding hydrogens is 376 g/mol. The standard InChI is InChI=1S/C21H28N2O4S/c1-5-13-28(25,26)23-19-11-8-10-18(16(19)3)22-21(24)14-15(2)17-9-6-7-12-20(17)27-4/h6-12,15,23H,5,13-14H2,1-4H3,(H,22,24). The average molecular weight is 405 g/mol. The molecule has 0 fully saturated rings. The number of hydrogen-bond donors (Lipinski definition) is 2. The van der Waals surface area contributed by atoms with Crippen LogP contribution in [0.1, 0.15) is 43.7 Å². The molecular formula is C21H28N2O4S. The topological polar surface area (TPSA) is 84.5 Å². The van der Waals surface area contributed by atoms with Gasteiger partial charge in [0.1, 0.15) is 5.75 Å². The molecule has 0 saturated heterocycles. The summed E-state index contributed by atoms with van der Waals surface area (Å²) >= 11 is 0. The van der Waals surface area contributed by atoms with E-state index in [0.29, 0.717) is 23.4 Å². The highest BCUT2D eigenvalue weighted by Crippen LogP contribution is 2.29. The molecule has 2 aromatic carbocycles. The minimum atomic E-state index is -3.39. The predicted octanol–water partition coefficient (Wildman–Crippen LogP) is 4.29. The average Bonchev–Trinajstić information content (AvgIpc) is 2.64. The fourth-order valence-electron chi connectivity index (χ4n) is 3.03. The number of ether oxygens (including phenoxy) is 1. The zero-order chi connectivity index (χ0) is 20.7. The van der Waals surface area contributed by atoms with Gasteiger partial charge in [-0.05, 0) is 48.6 Å². The second-order valence-electron chi connectivity index (χ2n) is 6.79. The third kappa shape index (κ3) is 5.73. The van der Waals surface area contributed by atoms with E-state index in [0.717, 1.165) is 11.3 Å². The molecule has 2 N–H and O–H groups in total. The second kappa shape index (κ2) is 9.59. The number of para-hydroxylation sites is 1. The zero-order valence-corrected chi connectivity index (χ0v) is 17.6. The number of methoxy groups -OCH3 is 1. The van der Waals surface area contributed by atoms with Crippen molar-refractivity contribution >= 4 is 27.3 Å². The number of hydrogen-bond acceptors (Lipinski definition) is 4. The molecule has 0 saturated carbocycles. The van der Waals surface area contributed by atoms with Crippen molar-refractivity contribution in [1.29, 1.82) is 0 Å². The maximum absolute atomic E-state index is 12.6. The minimum Gasteiger partial charge on any atom is -0.496 e. The molecule has 1 atom stereocenters. The van der Waals surface area contributed by atoms with E-state index in [2.05, 4.69) is 10.0 Å². The van der Waals surface area contributed by atoms with E-state index in [-0.39, 0.29) is 24.0 Å². The van der Waals surface area contributed by atoms with E-state index in [1.54, 1.807) is 32.2 Å². The first-order chi connectivity index (χ1) is 13.3. The molecule has 1 amide bonds. The van der Waals surface area contributed by atoms with Crippen molar-refractivity contribution in [1.82, 2.24) is 0 Å². The minimum absolute atomic E-state index is 0.0253. The molecule has 0 aromatic heterocycles. The first-order valence-corrected chi connectivity index (χ1v) is 11.0. The van der Waals surface area contributed by atoms with E-state index >= 15 is 0 Å². The van der Waals surface area contributed by atoms with Gasteiger partial charge in [0.15, 0.2) is 0 Å². The molecule has 0 aliphatic carbocycles. The van der Waals surface area contributed by atoms with Gasteiger partial charge in [0.2, 0.25) is 15.9 Å². The van der Waals surface area contributed by atoms with Crippen LogP contribution in [0.15, 0.2) is 42.5 Å². The van der Waals surface area contributed by atoms with Crippen molar-refractivity contribution < 1.29 is 17.9 Å². The predicted molar refractivity (Wildman–Crippen MR) is 114 cm³/mol. The molecule has 6 nitrogen and oxygen atoms in total. The summed E-state index contributed by atoms with van der Waals surface area (Å²) in [6.07, 6.45) is 0.817. The van der Waals surface area contributed by atoms with Crippen LogP contribution in [0.5, 0.6) is 5.75 Å². The van der Waals surface area contributed by atoms with Crippen LogP contribution in [0.3, 0.4) is 0 Å². The van der Waals surface area contributed by atoms with Crippen molar-refractivity contribution in [2.75, 3.05) is 22.9 Å². The van der Waals surface area contributed by atoms with Crippen molar-refractivity contribution in [3.63, 3.8) is 0 Å². The van der Waals surface area contributed by atoms with Crippen LogP contribution >= 0.6 is 0 Å². The van der Waals surface area contributed by atoms with Crippen molar-refractivity contribution in [3.8, 4) is 5.75 Å². The van der Waals surface area contributed by atoms with Crippen LogP contribution in [0, 0.1) is 6.92 Å². The van der Waals surface area contributed by atoms with Crippen LogP contribution in [0.25, 0.3) is 0 Å². The number of anilines is 2. The number of carbonyl (C=O) groups is 1. The Balaban J connectivity index is 2.11. The third-order valence-corrected chi connectivity index (χ3v) is 5.98. The molecule has 2 rings (SSSR count). The number of amides is 1. The Morgan fingerprint density at radius 3 is 2.46 bits per heavy atom. The highest BCUT2D eigenvalue weighted by molar-refractivity contribution is 7.92. The SMILES string of the molecule is CCCS(=O)(=O)Nc1cccc(NC(=O)CC(C)c2ccccc2OC)c1C. The quantitative estimate of drug-likeness (QED) is 0.653. The molecule has 0 aliphatic rings. The van der Waals surface area contributed by atoms with Gasteiger partial charge in [0, 0.05) is 12.1 Å². The van der Waals surface area contributed by atoms with E-state index in [1.165, 1.54) is 0 Å². The Labute approximate surface area is 167 Å². The fourth-order valence-corrected chi connectivity index (χ4v) is 4.23. The van der Waals surface area contributed by atoms with E-state index < -0.39 is 10.0 Å². The van der Waals surface area contributed by atoms with Gasteiger partial charge in [0.25, 0.3) is 0 Å². The highest BCUT2D eigenvalue weighted by atomic mass is 32.2. The van der Waals surface area contributed by atoms with Crippen molar-refractivity contribution in [2.45, 2.75) is 39.5 Å². The monoisotopic (exact) mass is 404 g/mol. The van der Waals surface area contributed by atoms with Gasteiger partial charge in [-0.15, -0.1) is 0 Å². The normalized spacial score (nSPS) is 12.3. The summed E-state index contributed by atoms with van der Waals surface area (Å²) in [5.41, 5.74) is 2.72. The Bertz CT molecular complexity index is 926. The van der Waals surface area contributed by atoms with E-state index in [9.17, 15) is 13.2 Å². The Morgan fingerprint density at radius 2 is 1.79 bits per heavy atom. The number of carbonyl (C=O) groups excluding carboxylic acids is 1. The van der Waals surface area contributed by atoms with Gasteiger partial charge in [-0.3, -0.25) is 9.52 Å². The smallest absolute Gasteiger partial charge is 0.232 e. The summed E-state index contributed by atoms with van der Waals surface area (Å²) < 4.78 is 32.0. The summed E-state index contributed by atoms with van der Waals surface area (Å²) in [6, 6.07) is 12.8. The number of benzene rings is 2. The second-order valence-corrected chi connectivity index (χ2v) is 8.64. The lowest BCUT2D eigenvalue weighted by Crippen LogP contribution is -2.18. The summed E-state index contributed by atoms with van der Waals surface area (Å²) in [6.45, 7) is 5.56. The third-order valence-electron chi connectivity index (χ3n) is 4.51. The van der Waals surface area contributed by atoms with Crippen LogP contribution in [0.4, 0.5) is 11.4 Å². The van der Waals surface area contributed by atoms with Gasteiger partial charge in [-0.2, -0.15) is 0 Å². The fraction of sp³-hybridized carbons (Fsp3) is 0.381. The molecule has 0 aliphatic heterocycles. The van der Waals surface area contributed by atoms with Crippen molar-refractivity contribution in [2.24, 2.45) is 0 Å². The Hall–Kier alpha value is -2.54. The van der Waals surface area contributed by atoms with Gasteiger partial charge in [-0.1, -0.05) is 38.1 Å². The molecule has 0 bridgehead atoms. The lowest BCUT2D eigenvalue weighted by Gasteiger charge is -2.17. The molecule has 0 heterocycles. The van der Waals surface area contributed by atoms with Gasteiger partial charge in [0.05, 0.1) is 18.6 Å². The molecule has 7 heteroatoms. The largest absolute Gasteiger partial charge is 0.496 e. The Morgan fingerprint density at radius 1 is 1.11 bits per heavy atom. The van der Waals surface area contributed by atoms with E-state index in [4.69, 9.17) is 4.74 Å². The maximum Gasteiger partial charge on any atom is 0.232 e. The van der Waals surface area contributed by atoms with Gasteiger partial charge in [-0.25, -0.2) is 8.42 Å². The van der Waals surface area contributed by atoms with Crippen LogP contribution in [-0.2, 0) is 14.8 Å². The lowest BCUT2D eigenvalue weighted by molar-refractivity contribution is -0.116. The van der Waals surface area contributed by atoms with Crippen molar-refractivity contribution in [3.05, 3.63) is 53.6 Å². The van der Waals surface area contributed by atoms with Crippen LogP contribution in [-0.4, -0.2) is 27.2 Å². The lowest BCUT2D eigenvalue weighted by atomic mass is 9.96. The maximum atomic E-state index is 12.6. The van der Waals surface area contributed by atoms with Crippen LogP contribution in [0.2, 0.25) is 0 Å². The summed E-state index contributed by atoms with van der Waals surface area (Å²) in [7, 11) is -1.78. The van der Waals surface area contributed by atoms with Gasteiger partial charge < -0.3 is 10.1 Å². The number of rotatable bonds is 9. The highest BCUT2D eigenvalue weighted by Gasteiger charge is 2.17. The Kier molecular flexibility index (Phi) is 7.45. The first kappa shape index (κ1) is 21.8. The van der Waals surface area contributed by atoms with E-state index in [1.807, 2.05) is 38.1 Å². The van der Waals surface area contributed by atoms with Gasteiger partial charge >= 0.3 is 0 Å². The molecule has 2 aromatic rings. The molecule has 1 unspecified atom stereocenters. The number of nitrogens with one attached hydrogen (secondary N) is 2.